The van der Waals surface area contributed by atoms with Crippen molar-refractivity contribution in [2.45, 2.75) is 19.0 Å². The molecule has 2 fully saturated rings. The lowest BCUT2D eigenvalue weighted by atomic mass is 10.2. The van der Waals surface area contributed by atoms with Gasteiger partial charge in [0.1, 0.15) is 0 Å². The number of hydrogen-bond acceptors (Lipinski definition) is 4. The first-order chi connectivity index (χ1) is 11.7. The molecule has 0 spiro atoms. The van der Waals surface area contributed by atoms with Crippen molar-refractivity contribution in [3.05, 3.63) is 42.5 Å². The summed E-state index contributed by atoms with van der Waals surface area (Å²) in [6.45, 7) is 4.46. The van der Waals surface area contributed by atoms with Crippen LogP contribution in [0.1, 0.15) is 18.0 Å². The zero-order chi connectivity index (χ0) is 16.5. The van der Waals surface area contributed by atoms with Gasteiger partial charge in [0.25, 0.3) is 0 Å². The fourth-order valence-electron chi connectivity index (χ4n) is 3.48. The summed E-state index contributed by atoms with van der Waals surface area (Å²) < 4.78 is 2.02. The van der Waals surface area contributed by atoms with Crippen molar-refractivity contribution in [3.8, 4) is 0 Å². The highest BCUT2D eigenvalue weighted by atomic mass is 16.2. The van der Waals surface area contributed by atoms with Gasteiger partial charge in [-0.05, 0) is 18.1 Å². The molecule has 1 atom stereocenters. The Bertz CT molecular complexity index is 715. The second-order valence-corrected chi connectivity index (χ2v) is 6.57. The minimum atomic E-state index is 0.0548. The lowest BCUT2D eigenvalue weighted by molar-refractivity contribution is 0.229. The fraction of sp³-hybridized carbons (Fsp3) is 0.471. The predicted molar refractivity (Wildman–Crippen MR) is 90.8 cm³/mol. The molecule has 24 heavy (non-hydrogen) atoms. The molecule has 0 aliphatic carbocycles. The summed E-state index contributed by atoms with van der Waals surface area (Å²) in [6.07, 6.45) is 8.62. The third-order valence-electron chi connectivity index (χ3n) is 4.87. The average molecular weight is 326 g/mol. The van der Waals surface area contributed by atoms with E-state index in [2.05, 4.69) is 21.0 Å². The average Bonchev–Trinajstić information content (AvgIpc) is 3.30. The van der Waals surface area contributed by atoms with Crippen LogP contribution in [0.15, 0.2) is 36.9 Å². The minimum Gasteiger partial charge on any atom is -0.326 e. The number of urea groups is 1. The van der Waals surface area contributed by atoms with Crippen LogP contribution in [0.25, 0.3) is 0 Å². The molecule has 126 valence electrons. The van der Waals surface area contributed by atoms with Crippen LogP contribution in [-0.2, 0) is 6.54 Å². The summed E-state index contributed by atoms with van der Waals surface area (Å²) in [5.41, 5.74) is 2.14. The third-order valence-corrected chi connectivity index (χ3v) is 4.87. The molecular weight excluding hydrogens is 304 g/mol. The van der Waals surface area contributed by atoms with Gasteiger partial charge in [0, 0.05) is 58.4 Å². The summed E-state index contributed by atoms with van der Waals surface area (Å²) in [5.74, 6) is 0. The zero-order valence-corrected chi connectivity index (χ0v) is 13.9. The van der Waals surface area contributed by atoms with Crippen molar-refractivity contribution in [2.75, 3.05) is 38.1 Å². The molecular formula is C17H22N6O. The van der Waals surface area contributed by atoms with Crippen LogP contribution in [0.3, 0.4) is 0 Å². The van der Waals surface area contributed by atoms with Gasteiger partial charge in [-0.15, -0.1) is 0 Å². The number of rotatable bonds is 4. The lowest BCUT2D eigenvalue weighted by Gasteiger charge is -2.16. The van der Waals surface area contributed by atoms with E-state index >= 15 is 0 Å². The van der Waals surface area contributed by atoms with Crippen molar-refractivity contribution in [1.29, 1.82) is 0 Å². The first kappa shape index (κ1) is 15.1. The number of likely N-dealkylation sites (tertiary alicyclic amines) is 1. The van der Waals surface area contributed by atoms with Crippen LogP contribution in [-0.4, -0.2) is 63.8 Å². The smallest absolute Gasteiger partial charge is 0.324 e. The maximum absolute atomic E-state index is 12.1. The molecule has 0 aromatic carbocycles. The van der Waals surface area contributed by atoms with E-state index in [0.717, 1.165) is 44.8 Å². The first-order valence-corrected chi connectivity index (χ1v) is 8.39. The molecule has 0 N–H and O–H groups in total. The third kappa shape index (κ3) is 2.87. The summed E-state index contributed by atoms with van der Waals surface area (Å²) in [5, 5.41) is 4.51. The maximum atomic E-state index is 12.1. The van der Waals surface area contributed by atoms with Crippen molar-refractivity contribution >= 4 is 11.7 Å². The largest absolute Gasteiger partial charge is 0.326 e. The van der Waals surface area contributed by atoms with Gasteiger partial charge in [0.15, 0.2) is 0 Å². The topological polar surface area (TPSA) is 57.5 Å². The van der Waals surface area contributed by atoms with E-state index in [4.69, 9.17) is 0 Å². The van der Waals surface area contributed by atoms with Crippen molar-refractivity contribution in [2.24, 2.45) is 0 Å². The van der Waals surface area contributed by atoms with Gasteiger partial charge in [-0.25, -0.2) is 4.79 Å². The number of pyridine rings is 1. The molecule has 2 aliphatic rings. The normalized spacial score (nSPS) is 21.9. The highest BCUT2D eigenvalue weighted by Crippen LogP contribution is 2.26. The van der Waals surface area contributed by atoms with Gasteiger partial charge in [-0.2, -0.15) is 5.10 Å². The molecule has 2 aromatic rings. The maximum Gasteiger partial charge on any atom is 0.324 e. The van der Waals surface area contributed by atoms with Crippen LogP contribution in [0, 0.1) is 0 Å². The molecule has 2 saturated heterocycles. The predicted octanol–water partition coefficient (Wildman–Crippen LogP) is 1.60. The highest BCUT2D eigenvalue weighted by Gasteiger charge is 2.29. The summed E-state index contributed by atoms with van der Waals surface area (Å²) >= 11 is 0. The Morgan fingerprint density at radius 2 is 2.17 bits per heavy atom. The van der Waals surface area contributed by atoms with E-state index in [1.165, 1.54) is 5.56 Å². The number of amides is 2. The molecule has 7 nitrogen and oxygen atoms in total. The molecule has 0 bridgehead atoms. The van der Waals surface area contributed by atoms with E-state index in [9.17, 15) is 4.79 Å². The molecule has 2 aliphatic heterocycles. The molecule has 0 radical (unpaired) electrons. The quantitative estimate of drug-likeness (QED) is 0.856. The Labute approximate surface area is 141 Å². The van der Waals surface area contributed by atoms with Gasteiger partial charge < -0.3 is 4.90 Å². The Morgan fingerprint density at radius 1 is 1.25 bits per heavy atom. The van der Waals surface area contributed by atoms with Crippen LogP contribution in [0.5, 0.6) is 0 Å². The molecule has 0 saturated carbocycles. The minimum absolute atomic E-state index is 0.0548. The van der Waals surface area contributed by atoms with Crippen LogP contribution in [0.4, 0.5) is 10.5 Å². The molecule has 2 aromatic heterocycles. The monoisotopic (exact) mass is 326 g/mol. The molecule has 2 amide bonds. The second-order valence-electron chi connectivity index (χ2n) is 6.57. The number of nitrogens with zero attached hydrogens (tertiary/aromatic N) is 6. The Kier molecular flexibility index (Phi) is 3.93. The van der Waals surface area contributed by atoms with Gasteiger partial charge in [-0.1, -0.05) is 6.07 Å². The van der Waals surface area contributed by atoms with E-state index in [1.807, 2.05) is 30.2 Å². The van der Waals surface area contributed by atoms with Gasteiger partial charge in [0.05, 0.1) is 17.9 Å². The van der Waals surface area contributed by atoms with Crippen molar-refractivity contribution in [1.82, 2.24) is 24.6 Å². The SMILES string of the molecule is CN1CCN(c2cnn(C3CCN(Cc4cccnc4)C3)c2)C1=O. The molecule has 4 heterocycles. The van der Waals surface area contributed by atoms with Crippen molar-refractivity contribution in [3.63, 3.8) is 0 Å². The van der Waals surface area contributed by atoms with E-state index < -0.39 is 0 Å². The van der Waals surface area contributed by atoms with Gasteiger partial charge in [0.2, 0.25) is 0 Å². The van der Waals surface area contributed by atoms with Crippen LogP contribution in [0.2, 0.25) is 0 Å². The Balaban J connectivity index is 1.40. The standard InChI is InChI=1S/C17H22N6O/c1-20-7-8-22(17(20)24)16-10-19-23(13-16)15-4-6-21(12-15)11-14-3-2-5-18-9-14/h2-3,5,9-10,13,15H,4,6-8,11-12H2,1H3. The zero-order valence-electron chi connectivity index (χ0n) is 13.9. The number of likely N-dealkylation sites (N-methyl/N-ethyl adjacent to an activating group) is 1. The summed E-state index contributed by atoms with van der Waals surface area (Å²) in [7, 11) is 1.83. The number of carbonyl (C=O) groups is 1. The van der Waals surface area contributed by atoms with Crippen LogP contribution >= 0.6 is 0 Å². The van der Waals surface area contributed by atoms with Crippen molar-refractivity contribution < 1.29 is 4.79 Å². The number of carbonyl (C=O) groups excluding carboxylic acids is 1. The van der Waals surface area contributed by atoms with E-state index in [0.29, 0.717) is 6.04 Å². The van der Waals surface area contributed by atoms with Gasteiger partial charge >= 0.3 is 6.03 Å². The second kappa shape index (κ2) is 6.24. The fourth-order valence-corrected chi connectivity index (χ4v) is 3.48. The highest BCUT2D eigenvalue weighted by molar-refractivity contribution is 5.93. The summed E-state index contributed by atoms with van der Waals surface area (Å²) in [4.78, 5) is 22.2. The number of aromatic nitrogens is 3. The Morgan fingerprint density at radius 3 is 2.92 bits per heavy atom. The van der Waals surface area contributed by atoms with E-state index in [-0.39, 0.29) is 6.03 Å². The van der Waals surface area contributed by atoms with Crippen LogP contribution < -0.4 is 4.90 Å². The molecule has 4 rings (SSSR count). The number of hydrogen-bond donors (Lipinski definition) is 0. The van der Waals surface area contributed by atoms with Gasteiger partial charge in [-0.3, -0.25) is 19.5 Å². The number of anilines is 1. The lowest BCUT2D eigenvalue weighted by Crippen LogP contribution is -2.28. The first-order valence-electron chi connectivity index (χ1n) is 8.39. The van der Waals surface area contributed by atoms with E-state index in [1.54, 1.807) is 22.2 Å². The summed E-state index contributed by atoms with van der Waals surface area (Å²) in [6, 6.07) is 4.51. The molecule has 1 unspecified atom stereocenters. The Hall–Kier alpha value is -2.41. The molecule has 7 heteroatoms.